The lowest BCUT2D eigenvalue weighted by Crippen LogP contribution is -2.47. The van der Waals surface area contributed by atoms with Crippen molar-refractivity contribution in [1.82, 2.24) is 13.9 Å². The fourth-order valence-electron chi connectivity index (χ4n) is 6.47. The average molecular weight is 646 g/mol. The molecule has 0 bridgehead atoms. The van der Waals surface area contributed by atoms with E-state index < -0.39 is 27.7 Å². The number of fused-ring (bicyclic) bond motifs is 5. The van der Waals surface area contributed by atoms with Crippen LogP contribution in [0.5, 0.6) is 0 Å². The summed E-state index contributed by atoms with van der Waals surface area (Å²) in [5, 5.41) is 0.870. The van der Waals surface area contributed by atoms with E-state index in [1.54, 1.807) is 29.7 Å². The maximum atomic E-state index is 14.1. The highest BCUT2D eigenvalue weighted by Gasteiger charge is 2.51. The molecule has 4 aromatic rings. The average Bonchev–Trinajstić information content (AvgIpc) is 3.39. The summed E-state index contributed by atoms with van der Waals surface area (Å²) in [5.41, 5.74) is 2.33. The molecule has 0 N–H and O–H groups in total. The monoisotopic (exact) mass is 645 g/mol. The number of esters is 1. The van der Waals surface area contributed by atoms with Crippen LogP contribution in [0.15, 0.2) is 65.5 Å². The molecule has 2 aromatic carbocycles. The summed E-state index contributed by atoms with van der Waals surface area (Å²) < 4.78 is 44.7. The van der Waals surface area contributed by atoms with E-state index in [1.807, 2.05) is 56.3 Å². The molecule has 240 valence electrons. The minimum Gasteiger partial charge on any atom is -0.457 e. The van der Waals surface area contributed by atoms with E-state index in [0.29, 0.717) is 23.3 Å². The number of nitrogens with zero attached hydrogens (tertiary/aromatic N) is 3. The van der Waals surface area contributed by atoms with Gasteiger partial charge in [0.1, 0.15) is 13.2 Å². The topological polar surface area (TPSA) is 134 Å². The number of carbonyl (C=O) groups is 2. The maximum Gasteiger partial charge on any atom is 0.510 e. The van der Waals surface area contributed by atoms with Gasteiger partial charge in [-0.2, -0.15) is 4.31 Å². The molecule has 4 heterocycles. The van der Waals surface area contributed by atoms with Crippen LogP contribution in [0.1, 0.15) is 55.0 Å². The molecule has 2 aromatic heterocycles. The summed E-state index contributed by atoms with van der Waals surface area (Å²) >= 11 is 0. The number of para-hydroxylation sites is 1. The van der Waals surface area contributed by atoms with Gasteiger partial charge < -0.3 is 18.8 Å². The Hall–Kier alpha value is -4.55. The molecule has 2 aliphatic heterocycles. The van der Waals surface area contributed by atoms with Crippen molar-refractivity contribution in [3.63, 3.8) is 0 Å². The van der Waals surface area contributed by atoms with Gasteiger partial charge in [0.15, 0.2) is 0 Å². The molecule has 0 saturated heterocycles. The number of cyclic esters (lactones) is 1. The van der Waals surface area contributed by atoms with Crippen LogP contribution >= 0.6 is 0 Å². The Bertz CT molecular complexity index is 2020. The predicted molar refractivity (Wildman–Crippen MR) is 170 cm³/mol. The molecule has 12 heteroatoms. The third-order valence-electron chi connectivity index (χ3n) is 8.72. The third-order valence-corrected chi connectivity index (χ3v) is 10.2. The van der Waals surface area contributed by atoms with Gasteiger partial charge in [0.25, 0.3) is 5.56 Å². The highest BCUT2D eigenvalue weighted by atomic mass is 32.2. The van der Waals surface area contributed by atoms with Gasteiger partial charge in [0.2, 0.25) is 15.6 Å². The zero-order chi connectivity index (χ0) is 32.8. The van der Waals surface area contributed by atoms with Crippen molar-refractivity contribution in [3.8, 4) is 11.4 Å². The quantitative estimate of drug-likeness (QED) is 0.210. The van der Waals surface area contributed by atoms with E-state index >= 15 is 0 Å². The summed E-state index contributed by atoms with van der Waals surface area (Å²) in [6.07, 6.45) is 0.534. The number of hydrogen-bond donors (Lipinski definition) is 0. The van der Waals surface area contributed by atoms with Gasteiger partial charge in [-0.3, -0.25) is 4.79 Å². The molecule has 0 radical (unpaired) electrons. The minimum absolute atomic E-state index is 0.00193. The molecule has 1 atom stereocenters. The summed E-state index contributed by atoms with van der Waals surface area (Å²) in [6.45, 7) is 5.46. The summed E-state index contributed by atoms with van der Waals surface area (Å²) in [6, 6.07) is 18.1. The van der Waals surface area contributed by atoms with Gasteiger partial charge in [0.05, 0.1) is 35.3 Å². The standard InChI is InChI=1S/C34H35N3O8S/c1-5-34(45-33(40)44-19-22-11-7-6-8-12-22)27-17-29-30-25(18-36(29)31(38)26(27)20-43-32(34)39)23(24-13-9-10-14-28(24)35-30)15-16-37(21(2)3)46(4,41)42/h6-14,17,21H,5,15-16,18-20H2,1-4H3/t34-/m0/s1. The van der Waals surface area contributed by atoms with Crippen LogP contribution in [-0.2, 0) is 60.8 Å². The van der Waals surface area contributed by atoms with Gasteiger partial charge in [-0.1, -0.05) is 55.5 Å². The first kappa shape index (κ1) is 31.4. The van der Waals surface area contributed by atoms with Gasteiger partial charge in [0, 0.05) is 29.1 Å². The van der Waals surface area contributed by atoms with Crippen molar-refractivity contribution in [2.45, 2.75) is 65.0 Å². The lowest BCUT2D eigenvalue weighted by atomic mass is 9.85. The Balaban J connectivity index is 1.43. The summed E-state index contributed by atoms with van der Waals surface area (Å²) in [7, 11) is -3.46. The molecular weight excluding hydrogens is 610 g/mol. The predicted octanol–water partition coefficient (Wildman–Crippen LogP) is 4.65. The number of sulfonamides is 1. The smallest absolute Gasteiger partial charge is 0.457 e. The van der Waals surface area contributed by atoms with Crippen LogP contribution in [0.3, 0.4) is 0 Å². The zero-order valence-corrected chi connectivity index (χ0v) is 26.9. The molecular formula is C34H35N3O8S. The Morgan fingerprint density at radius 3 is 2.50 bits per heavy atom. The fraction of sp³-hybridized carbons (Fsp3) is 0.353. The molecule has 0 unspecified atom stereocenters. The Morgan fingerprint density at radius 2 is 1.80 bits per heavy atom. The Morgan fingerprint density at radius 1 is 1.09 bits per heavy atom. The van der Waals surface area contributed by atoms with Crippen LogP contribution < -0.4 is 5.56 Å². The second kappa shape index (κ2) is 12.0. The number of pyridine rings is 2. The first-order chi connectivity index (χ1) is 21.9. The second-order valence-corrected chi connectivity index (χ2v) is 13.8. The van der Waals surface area contributed by atoms with Crippen molar-refractivity contribution in [2.75, 3.05) is 12.8 Å². The van der Waals surface area contributed by atoms with Crippen molar-refractivity contribution >= 4 is 33.1 Å². The van der Waals surface area contributed by atoms with Crippen molar-refractivity contribution in [3.05, 3.63) is 98.8 Å². The molecule has 46 heavy (non-hydrogen) atoms. The lowest BCUT2D eigenvalue weighted by Gasteiger charge is -2.35. The number of hydrogen-bond acceptors (Lipinski definition) is 9. The first-order valence-corrected chi connectivity index (χ1v) is 17.0. The molecule has 0 amide bonds. The van der Waals surface area contributed by atoms with E-state index in [9.17, 15) is 22.8 Å². The number of rotatable bonds is 9. The van der Waals surface area contributed by atoms with Crippen LogP contribution in [0.4, 0.5) is 4.79 Å². The normalized spacial score (nSPS) is 17.0. The van der Waals surface area contributed by atoms with E-state index in [0.717, 1.165) is 22.1 Å². The number of carbonyl (C=O) groups excluding carboxylic acids is 2. The molecule has 6 rings (SSSR count). The van der Waals surface area contributed by atoms with Crippen LogP contribution in [0.2, 0.25) is 0 Å². The second-order valence-electron chi connectivity index (χ2n) is 11.8. The van der Waals surface area contributed by atoms with Gasteiger partial charge >= 0.3 is 12.1 Å². The van der Waals surface area contributed by atoms with Crippen molar-refractivity contribution < 1.29 is 32.2 Å². The molecule has 0 aliphatic carbocycles. The molecule has 2 aliphatic rings. The van der Waals surface area contributed by atoms with E-state index in [-0.39, 0.29) is 55.5 Å². The fourth-order valence-corrected chi connectivity index (χ4v) is 7.66. The summed E-state index contributed by atoms with van der Waals surface area (Å²) in [4.78, 5) is 45.3. The largest absolute Gasteiger partial charge is 0.510 e. The van der Waals surface area contributed by atoms with Crippen molar-refractivity contribution in [1.29, 1.82) is 0 Å². The minimum atomic E-state index is -3.46. The molecule has 0 saturated carbocycles. The summed E-state index contributed by atoms with van der Waals surface area (Å²) in [5.74, 6) is -0.788. The first-order valence-electron chi connectivity index (χ1n) is 15.2. The van der Waals surface area contributed by atoms with Crippen LogP contribution in [-0.4, -0.2) is 53.2 Å². The SMILES string of the molecule is CC[C@@]1(OC(=O)OCc2ccccc2)C(=O)OCc2c1cc1n(c2=O)Cc2c-1nc1ccccc1c2CCN(C(C)C)S(C)(=O)=O. The van der Waals surface area contributed by atoms with E-state index in [4.69, 9.17) is 19.2 Å². The zero-order valence-electron chi connectivity index (χ0n) is 26.1. The van der Waals surface area contributed by atoms with Gasteiger partial charge in [-0.25, -0.2) is 23.0 Å². The number of benzene rings is 2. The molecule has 0 spiro atoms. The highest BCUT2D eigenvalue weighted by Crippen LogP contribution is 2.42. The lowest BCUT2D eigenvalue weighted by molar-refractivity contribution is -0.175. The van der Waals surface area contributed by atoms with E-state index in [1.165, 1.54) is 10.6 Å². The van der Waals surface area contributed by atoms with Gasteiger partial charge in [-0.05, 0) is 49.9 Å². The van der Waals surface area contributed by atoms with Crippen molar-refractivity contribution in [2.24, 2.45) is 0 Å². The Labute approximate surface area is 266 Å². The maximum absolute atomic E-state index is 14.1. The van der Waals surface area contributed by atoms with E-state index in [2.05, 4.69) is 0 Å². The van der Waals surface area contributed by atoms with Gasteiger partial charge in [-0.15, -0.1) is 0 Å². The van der Waals surface area contributed by atoms with Crippen LogP contribution in [0.25, 0.3) is 22.3 Å². The molecule has 11 nitrogen and oxygen atoms in total. The molecule has 0 fully saturated rings. The van der Waals surface area contributed by atoms with Crippen LogP contribution in [0, 0.1) is 0 Å². The highest BCUT2D eigenvalue weighted by molar-refractivity contribution is 7.88. The number of aromatic nitrogens is 2. The Kier molecular flexibility index (Phi) is 8.20. The number of ether oxygens (including phenoxy) is 3. The third kappa shape index (κ3) is 5.45.